The molecule has 0 aromatic carbocycles. The van der Waals surface area contributed by atoms with Crippen molar-refractivity contribution in [1.29, 1.82) is 0 Å². The average Bonchev–Trinajstić information content (AvgIpc) is 2.31. The Bertz CT molecular complexity index is 154. The monoisotopic (exact) mass is 170 g/mol. The van der Waals surface area contributed by atoms with Crippen molar-refractivity contribution in [3.63, 3.8) is 0 Å². The topological polar surface area (TPSA) is 26.3 Å². The van der Waals surface area contributed by atoms with Gasteiger partial charge in [-0.15, -0.1) is 0 Å². The van der Waals surface area contributed by atoms with Crippen LogP contribution in [0.3, 0.4) is 0 Å². The molecule has 0 aromatic rings. The number of rotatable bonds is 4. The van der Waals surface area contributed by atoms with Crippen molar-refractivity contribution in [2.24, 2.45) is 5.92 Å². The van der Waals surface area contributed by atoms with Gasteiger partial charge >= 0.3 is 5.97 Å². The zero-order valence-corrected chi connectivity index (χ0v) is 8.01. The standard InChI is InChI=1S/C10H18O2/c1-3-4-5-6-9-7-10(11)12-8(9)2/h8-9H,3-7H2,1-2H3/t8-,9+/m0/s1. The van der Waals surface area contributed by atoms with Gasteiger partial charge in [-0.1, -0.05) is 26.2 Å². The molecule has 0 amide bonds. The van der Waals surface area contributed by atoms with Crippen LogP contribution in [0.2, 0.25) is 0 Å². The van der Waals surface area contributed by atoms with Crippen molar-refractivity contribution in [3.8, 4) is 0 Å². The van der Waals surface area contributed by atoms with Crippen LogP contribution >= 0.6 is 0 Å². The normalized spacial score (nSPS) is 29.0. The number of hydrogen-bond donors (Lipinski definition) is 0. The van der Waals surface area contributed by atoms with Gasteiger partial charge in [-0.25, -0.2) is 0 Å². The van der Waals surface area contributed by atoms with Crippen LogP contribution in [0.4, 0.5) is 0 Å². The van der Waals surface area contributed by atoms with E-state index in [1.165, 1.54) is 19.3 Å². The van der Waals surface area contributed by atoms with Crippen LogP contribution in [0, 0.1) is 5.92 Å². The number of unbranched alkanes of at least 4 members (excludes halogenated alkanes) is 2. The predicted octanol–water partition coefficient (Wildman–Crippen LogP) is 2.52. The molecule has 0 saturated carbocycles. The Kier molecular flexibility index (Phi) is 3.57. The SMILES string of the molecule is CCCCC[C@@H]1CC(=O)O[C@H]1C. The Labute approximate surface area is 74.3 Å². The second-order valence-corrected chi connectivity index (χ2v) is 3.65. The fourth-order valence-corrected chi connectivity index (χ4v) is 1.73. The van der Waals surface area contributed by atoms with Crippen LogP contribution < -0.4 is 0 Å². The van der Waals surface area contributed by atoms with Crippen molar-refractivity contribution in [3.05, 3.63) is 0 Å². The van der Waals surface area contributed by atoms with Crippen molar-refractivity contribution in [2.45, 2.75) is 52.1 Å². The van der Waals surface area contributed by atoms with Crippen LogP contribution in [0.1, 0.15) is 46.0 Å². The highest BCUT2D eigenvalue weighted by molar-refractivity contribution is 5.71. The van der Waals surface area contributed by atoms with Crippen LogP contribution in [0.5, 0.6) is 0 Å². The molecule has 1 aliphatic rings. The lowest BCUT2D eigenvalue weighted by Gasteiger charge is -2.11. The quantitative estimate of drug-likeness (QED) is 0.478. The van der Waals surface area contributed by atoms with E-state index >= 15 is 0 Å². The molecule has 2 heteroatoms. The van der Waals surface area contributed by atoms with Gasteiger partial charge in [0.15, 0.2) is 0 Å². The second-order valence-electron chi connectivity index (χ2n) is 3.65. The lowest BCUT2D eigenvalue weighted by atomic mass is 9.95. The molecule has 0 bridgehead atoms. The molecule has 12 heavy (non-hydrogen) atoms. The van der Waals surface area contributed by atoms with Crippen molar-refractivity contribution in [1.82, 2.24) is 0 Å². The van der Waals surface area contributed by atoms with Gasteiger partial charge in [-0.3, -0.25) is 4.79 Å². The fourth-order valence-electron chi connectivity index (χ4n) is 1.73. The fraction of sp³-hybridized carbons (Fsp3) is 0.900. The lowest BCUT2D eigenvalue weighted by molar-refractivity contribution is -0.140. The first-order chi connectivity index (χ1) is 5.74. The molecule has 70 valence electrons. The maximum Gasteiger partial charge on any atom is 0.306 e. The van der Waals surface area contributed by atoms with E-state index in [2.05, 4.69) is 6.92 Å². The summed E-state index contributed by atoms with van der Waals surface area (Å²) in [6, 6.07) is 0. The van der Waals surface area contributed by atoms with Crippen LogP contribution in [0.15, 0.2) is 0 Å². The number of hydrogen-bond acceptors (Lipinski definition) is 2. The minimum Gasteiger partial charge on any atom is -0.462 e. The minimum absolute atomic E-state index is 0.0102. The number of carbonyl (C=O) groups excluding carboxylic acids is 1. The third-order valence-corrected chi connectivity index (χ3v) is 2.59. The summed E-state index contributed by atoms with van der Waals surface area (Å²) in [5.41, 5.74) is 0. The summed E-state index contributed by atoms with van der Waals surface area (Å²) in [5.74, 6) is 0.480. The van der Waals surface area contributed by atoms with Crippen molar-refractivity contribution < 1.29 is 9.53 Å². The molecular formula is C10H18O2. The van der Waals surface area contributed by atoms with Gasteiger partial charge in [0.05, 0.1) is 6.42 Å². The van der Waals surface area contributed by atoms with E-state index < -0.39 is 0 Å². The highest BCUT2D eigenvalue weighted by Crippen LogP contribution is 2.26. The van der Waals surface area contributed by atoms with E-state index in [0.29, 0.717) is 12.3 Å². The predicted molar refractivity (Wildman–Crippen MR) is 47.8 cm³/mol. The molecule has 0 N–H and O–H groups in total. The Morgan fingerprint density at radius 1 is 1.50 bits per heavy atom. The zero-order valence-electron chi connectivity index (χ0n) is 8.01. The van der Waals surface area contributed by atoms with Crippen LogP contribution in [-0.4, -0.2) is 12.1 Å². The van der Waals surface area contributed by atoms with Crippen LogP contribution in [0.25, 0.3) is 0 Å². The number of esters is 1. The minimum atomic E-state index is -0.0102. The number of ether oxygens (including phenoxy) is 1. The molecule has 0 radical (unpaired) electrons. The summed E-state index contributed by atoms with van der Waals surface area (Å²) < 4.78 is 5.07. The molecule has 1 rings (SSSR count). The molecule has 0 unspecified atom stereocenters. The molecule has 2 atom stereocenters. The van der Waals surface area contributed by atoms with Gasteiger partial charge in [0.2, 0.25) is 0 Å². The van der Waals surface area contributed by atoms with Gasteiger partial charge in [-0.05, 0) is 13.3 Å². The van der Waals surface area contributed by atoms with E-state index in [4.69, 9.17) is 4.74 Å². The lowest BCUT2D eigenvalue weighted by Crippen LogP contribution is -2.10. The zero-order chi connectivity index (χ0) is 8.97. The summed E-state index contributed by atoms with van der Waals surface area (Å²) in [6.07, 6.45) is 5.72. The van der Waals surface area contributed by atoms with Crippen molar-refractivity contribution >= 4 is 5.97 Å². The Morgan fingerprint density at radius 2 is 2.25 bits per heavy atom. The van der Waals surface area contributed by atoms with E-state index in [0.717, 1.165) is 6.42 Å². The molecule has 1 saturated heterocycles. The van der Waals surface area contributed by atoms with Gasteiger partial charge in [-0.2, -0.15) is 0 Å². The van der Waals surface area contributed by atoms with E-state index in [9.17, 15) is 4.79 Å². The Hall–Kier alpha value is -0.530. The average molecular weight is 170 g/mol. The van der Waals surface area contributed by atoms with Gasteiger partial charge in [0, 0.05) is 5.92 Å². The third-order valence-electron chi connectivity index (χ3n) is 2.59. The molecule has 0 spiro atoms. The smallest absolute Gasteiger partial charge is 0.306 e. The maximum atomic E-state index is 10.9. The van der Waals surface area contributed by atoms with E-state index in [-0.39, 0.29) is 12.1 Å². The first kappa shape index (κ1) is 9.56. The Morgan fingerprint density at radius 3 is 2.75 bits per heavy atom. The van der Waals surface area contributed by atoms with Gasteiger partial charge < -0.3 is 4.74 Å². The Balaban J connectivity index is 2.19. The third kappa shape index (κ3) is 2.50. The summed E-state index contributed by atoms with van der Waals surface area (Å²) in [6.45, 7) is 4.20. The first-order valence-corrected chi connectivity index (χ1v) is 4.93. The van der Waals surface area contributed by atoms with E-state index in [1.807, 2.05) is 6.92 Å². The summed E-state index contributed by atoms with van der Waals surface area (Å²) in [7, 11) is 0. The molecule has 0 aliphatic carbocycles. The van der Waals surface area contributed by atoms with Crippen molar-refractivity contribution in [2.75, 3.05) is 0 Å². The summed E-state index contributed by atoms with van der Waals surface area (Å²) in [4.78, 5) is 10.9. The molecular weight excluding hydrogens is 152 g/mol. The molecule has 1 heterocycles. The van der Waals surface area contributed by atoms with E-state index in [1.54, 1.807) is 0 Å². The number of cyclic esters (lactones) is 1. The maximum absolute atomic E-state index is 10.9. The van der Waals surface area contributed by atoms with Crippen LogP contribution in [-0.2, 0) is 9.53 Å². The molecule has 0 aromatic heterocycles. The highest BCUT2D eigenvalue weighted by atomic mass is 16.5. The molecule has 2 nitrogen and oxygen atoms in total. The highest BCUT2D eigenvalue weighted by Gasteiger charge is 2.30. The molecule has 1 aliphatic heterocycles. The second kappa shape index (κ2) is 4.48. The van der Waals surface area contributed by atoms with Gasteiger partial charge in [0.1, 0.15) is 6.10 Å². The largest absolute Gasteiger partial charge is 0.462 e. The molecule has 1 fully saturated rings. The number of carbonyl (C=O) groups is 1. The first-order valence-electron chi connectivity index (χ1n) is 4.93. The summed E-state index contributed by atoms with van der Waals surface area (Å²) >= 11 is 0. The van der Waals surface area contributed by atoms with Gasteiger partial charge in [0.25, 0.3) is 0 Å². The summed E-state index contributed by atoms with van der Waals surface area (Å²) in [5, 5.41) is 0.